The van der Waals surface area contributed by atoms with Crippen LogP contribution in [0.4, 0.5) is 5.69 Å². The maximum Gasteiger partial charge on any atom is 0.272 e. The predicted octanol–water partition coefficient (Wildman–Crippen LogP) is 1.67. The van der Waals surface area contributed by atoms with Crippen LogP contribution < -0.4 is 10.6 Å². The van der Waals surface area contributed by atoms with Gasteiger partial charge in [0.1, 0.15) is 5.69 Å². The number of aromatic nitrogens is 1. The number of nitrogens with zero attached hydrogens (tertiary/aromatic N) is 3. The van der Waals surface area contributed by atoms with Gasteiger partial charge in [0.2, 0.25) is 0 Å². The first-order valence-electron chi connectivity index (χ1n) is 6.55. The third-order valence-corrected chi connectivity index (χ3v) is 3.13. The largest absolute Gasteiger partial charge is 0.393 e. The second-order valence-corrected chi connectivity index (χ2v) is 5.63. The molecule has 1 heterocycles. The van der Waals surface area contributed by atoms with Crippen LogP contribution in [0.1, 0.15) is 30.8 Å². The predicted molar refractivity (Wildman–Crippen MR) is 86.1 cm³/mol. The Hall–Kier alpha value is -1.69. The van der Waals surface area contributed by atoms with Crippen LogP contribution in [-0.4, -0.2) is 47.5 Å². The third-order valence-electron chi connectivity index (χ3n) is 2.92. The van der Waals surface area contributed by atoms with E-state index >= 15 is 0 Å². The Bertz CT molecular complexity index is 488. The fourth-order valence-electron chi connectivity index (χ4n) is 1.86. The standard InChI is InChI=1S/C14H22N4OS/c1-10(2)18(8-6-13(15)20)11-5-7-16-12(9-11)14(19)17(3)4/h5,7,9-10H,6,8H2,1-4H3,(H2,15,20). The van der Waals surface area contributed by atoms with Crippen molar-refractivity contribution in [2.45, 2.75) is 26.3 Å². The second kappa shape index (κ2) is 7.19. The minimum atomic E-state index is -0.107. The first-order valence-corrected chi connectivity index (χ1v) is 6.96. The smallest absolute Gasteiger partial charge is 0.272 e. The molecule has 110 valence electrons. The molecule has 0 atom stereocenters. The molecule has 1 rings (SSSR count). The van der Waals surface area contributed by atoms with E-state index in [9.17, 15) is 4.79 Å². The molecule has 0 aliphatic rings. The molecule has 6 heteroatoms. The average molecular weight is 294 g/mol. The number of carbonyl (C=O) groups is 1. The molecule has 0 radical (unpaired) electrons. The Morgan fingerprint density at radius 3 is 2.60 bits per heavy atom. The summed E-state index contributed by atoms with van der Waals surface area (Å²) in [5.41, 5.74) is 6.96. The highest BCUT2D eigenvalue weighted by Crippen LogP contribution is 2.18. The molecule has 2 N–H and O–H groups in total. The molecule has 0 bridgehead atoms. The topological polar surface area (TPSA) is 62.5 Å². The Kier molecular flexibility index (Phi) is 5.88. The van der Waals surface area contributed by atoms with Gasteiger partial charge in [-0.05, 0) is 26.0 Å². The maximum atomic E-state index is 12.0. The number of rotatable bonds is 6. The van der Waals surface area contributed by atoms with Crippen molar-refractivity contribution in [1.29, 1.82) is 0 Å². The summed E-state index contributed by atoms with van der Waals surface area (Å²) in [6, 6.07) is 3.99. The molecule has 20 heavy (non-hydrogen) atoms. The van der Waals surface area contributed by atoms with Crippen molar-refractivity contribution in [3.05, 3.63) is 24.0 Å². The number of hydrogen-bond acceptors (Lipinski definition) is 4. The van der Waals surface area contributed by atoms with Gasteiger partial charge in [0.25, 0.3) is 5.91 Å². The van der Waals surface area contributed by atoms with Gasteiger partial charge < -0.3 is 15.5 Å². The quantitative estimate of drug-likeness (QED) is 0.809. The lowest BCUT2D eigenvalue weighted by atomic mass is 10.2. The van der Waals surface area contributed by atoms with E-state index in [0.717, 1.165) is 12.2 Å². The van der Waals surface area contributed by atoms with Gasteiger partial charge in [-0.1, -0.05) is 12.2 Å². The molecule has 5 nitrogen and oxygen atoms in total. The van der Waals surface area contributed by atoms with Gasteiger partial charge in [-0.3, -0.25) is 9.78 Å². The zero-order valence-electron chi connectivity index (χ0n) is 12.5. The molecule has 0 saturated heterocycles. The van der Waals surface area contributed by atoms with Crippen molar-refractivity contribution in [3.8, 4) is 0 Å². The molecule has 0 aromatic carbocycles. The van der Waals surface area contributed by atoms with Crippen molar-refractivity contribution in [2.24, 2.45) is 5.73 Å². The number of nitrogens with two attached hydrogens (primary N) is 1. The van der Waals surface area contributed by atoms with E-state index in [1.54, 1.807) is 20.3 Å². The van der Waals surface area contributed by atoms with Crippen LogP contribution in [-0.2, 0) is 0 Å². The summed E-state index contributed by atoms with van der Waals surface area (Å²) < 4.78 is 0. The van der Waals surface area contributed by atoms with Crippen molar-refractivity contribution < 1.29 is 4.79 Å². The normalized spacial score (nSPS) is 10.4. The van der Waals surface area contributed by atoms with Gasteiger partial charge in [0, 0.05) is 45.0 Å². The molecular formula is C14H22N4OS. The molecular weight excluding hydrogens is 272 g/mol. The Morgan fingerprint density at radius 2 is 2.10 bits per heavy atom. The van der Waals surface area contributed by atoms with Crippen LogP contribution in [0.2, 0.25) is 0 Å². The zero-order chi connectivity index (χ0) is 15.3. The lowest BCUT2D eigenvalue weighted by Crippen LogP contribution is -2.34. The van der Waals surface area contributed by atoms with Crippen LogP contribution in [0, 0.1) is 0 Å². The molecule has 1 aromatic heterocycles. The lowest BCUT2D eigenvalue weighted by molar-refractivity contribution is 0.0822. The summed E-state index contributed by atoms with van der Waals surface area (Å²) in [5, 5.41) is 0. The Balaban J connectivity index is 2.99. The summed E-state index contributed by atoms with van der Waals surface area (Å²) in [7, 11) is 3.42. The minimum absolute atomic E-state index is 0.107. The third kappa shape index (κ3) is 4.45. The summed E-state index contributed by atoms with van der Waals surface area (Å²) in [5.74, 6) is -0.107. The number of pyridine rings is 1. The van der Waals surface area contributed by atoms with Gasteiger partial charge in [0.05, 0.1) is 4.99 Å². The van der Waals surface area contributed by atoms with Crippen LogP contribution in [0.15, 0.2) is 18.3 Å². The second-order valence-electron chi connectivity index (χ2n) is 5.10. The van der Waals surface area contributed by atoms with Gasteiger partial charge in [-0.25, -0.2) is 0 Å². The lowest BCUT2D eigenvalue weighted by Gasteiger charge is -2.29. The summed E-state index contributed by atoms with van der Waals surface area (Å²) in [4.78, 5) is 20.3. The molecule has 1 amide bonds. The molecule has 1 aromatic rings. The van der Waals surface area contributed by atoms with Gasteiger partial charge in [0.15, 0.2) is 0 Å². The van der Waals surface area contributed by atoms with Crippen LogP contribution >= 0.6 is 12.2 Å². The van der Waals surface area contributed by atoms with Gasteiger partial charge >= 0.3 is 0 Å². The highest BCUT2D eigenvalue weighted by atomic mass is 32.1. The molecule has 0 unspecified atom stereocenters. The number of anilines is 1. The van der Waals surface area contributed by atoms with Gasteiger partial charge in [-0.15, -0.1) is 0 Å². The van der Waals surface area contributed by atoms with E-state index in [0.29, 0.717) is 17.1 Å². The summed E-state index contributed by atoms with van der Waals surface area (Å²) in [6.45, 7) is 4.91. The molecule has 0 spiro atoms. The number of carbonyl (C=O) groups excluding carboxylic acids is 1. The molecule has 0 fully saturated rings. The highest BCUT2D eigenvalue weighted by molar-refractivity contribution is 7.80. The van der Waals surface area contributed by atoms with E-state index in [2.05, 4.69) is 23.7 Å². The summed E-state index contributed by atoms with van der Waals surface area (Å²) in [6.07, 6.45) is 2.30. The first kappa shape index (κ1) is 16.4. The first-order chi connectivity index (χ1) is 9.32. The van der Waals surface area contributed by atoms with Crippen LogP contribution in [0.5, 0.6) is 0 Å². The number of hydrogen-bond donors (Lipinski definition) is 1. The van der Waals surface area contributed by atoms with Crippen molar-refractivity contribution >= 4 is 28.8 Å². The number of amides is 1. The van der Waals surface area contributed by atoms with E-state index < -0.39 is 0 Å². The fraction of sp³-hybridized carbons (Fsp3) is 0.500. The Labute approximate surface area is 125 Å². The number of thiocarbonyl (C=S) groups is 1. The molecule has 0 saturated carbocycles. The van der Waals surface area contributed by atoms with Crippen LogP contribution in [0.3, 0.4) is 0 Å². The average Bonchev–Trinajstić information content (AvgIpc) is 2.37. The minimum Gasteiger partial charge on any atom is -0.393 e. The molecule has 0 aliphatic heterocycles. The van der Waals surface area contributed by atoms with Crippen LogP contribution in [0.25, 0.3) is 0 Å². The SMILES string of the molecule is CC(C)N(CCC(N)=S)c1ccnc(C(=O)N(C)C)c1. The summed E-state index contributed by atoms with van der Waals surface area (Å²) >= 11 is 4.93. The van der Waals surface area contributed by atoms with Crippen molar-refractivity contribution in [3.63, 3.8) is 0 Å². The van der Waals surface area contributed by atoms with E-state index in [1.165, 1.54) is 4.90 Å². The van der Waals surface area contributed by atoms with Crippen molar-refractivity contribution in [1.82, 2.24) is 9.88 Å². The monoisotopic (exact) mass is 294 g/mol. The van der Waals surface area contributed by atoms with Crippen molar-refractivity contribution in [2.75, 3.05) is 25.5 Å². The van der Waals surface area contributed by atoms with E-state index in [1.807, 2.05) is 12.1 Å². The van der Waals surface area contributed by atoms with Gasteiger partial charge in [-0.2, -0.15) is 0 Å². The fourth-order valence-corrected chi connectivity index (χ4v) is 1.95. The highest BCUT2D eigenvalue weighted by Gasteiger charge is 2.15. The van der Waals surface area contributed by atoms with E-state index in [-0.39, 0.29) is 11.9 Å². The maximum absolute atomic E-state index is 12.0. The Morgan fingerprint density at radius 1 is 1.45 bits per heavy atom. The molecule has 0 aliphatic carbocycles. The van der Waals surface area contributed by atoms with E-state index in [4.69, 9.17) is 18.0 Å². The zero-order valence-corrected chi connectivity index (χ0v) is 13.3.